The number of hydrogen-bond donors (Lipinski definition) is 2. The quantitative estimate of drug-likeness (QED) is 0.827. The van der Waals surface area contributed by atoms with Crippen LogP contribution in [0.15, 0.2) is 30.6 Å². The van der Waals surface area contributed by atoms with Crippen LogP contribution in [0.4, 0.5) is 4.39 Å². The number of H-pyrrole nitrogens is 1. The van der Waals surface area contributed by atoms with Gasteiger partial charge in [0.15, 0.2) is 0 Å². The average molecular weight is 219 g/mol. The van der Waals surface area contributed by atoms with Gasteiger partial charge in [0.25, 0.3) is 0 Å². The van der Waals surface area contributed by atoms with E-state index in [0.717, 1.165) is 11.4 Å². The second-order valence-corrected chi connectivity index (χ2v) is 3.72. The van der Waals surface area contributed by atoms with Gasteiger partial charge < -0.3 is 10.3 Å². The van der Waals surface area contributed by atoms with Crippen molar-refractivity contribution in [3.05, 3.63) is 53.4 Å². The molecule has 2 aromatic rings. The molecule has 0 atom stereocenters. The van der Waals surface area contributed by atoms with E-state index in [0.29, 0.717) is 18.7 Å². The van der Waals surface area contributed by atoms with Crippen molar-refractivity contribution in [2.24, 2.45) is 0 Å². The van der Waals surface area contributed by atoms with E-state index in [1.807, 2.05) is 6.07 Å². The highest BCUT2D eigenvalue weighted by atomic mass is 19.1. The lowest BCUT2D eigenvalue weighted by Crippen LogP contribution is -2.13. The maximum Gasteiger partial charge on any atom is 0.126 e. The Labute approximate surface area is 93.7 Å². The predicted octanol–water partition coefficient (Wildman–Crippen LogP) is 2.15. The molecule has 0 aliphatic rings. The summed E-state index contributed by atoms with van der Waals surface area (Å²) in [6.45, 7) is 3.05. The van der Waals surface area contributed by atoms with Crippen molar-refractivity contribution in [1.29, 1.82) is 0 Å². The summed E-state index contributed by atoms with van der Waals surface area (Å²) < 4.78 is 13.2. The zero-order valence-electron chi connectivity index (χ0n) is 9.13. The molecular formula is C12H14FN3. The molecule has 0 saturated heterocycles. The second-order valence-electron chi connectivity index (χ2n) is 3.72. The molecule has 2 N–H and O–H groups in total. The summed E-state index contributed by atoms with van der Waals surface area (Å²) in [4.78, 5) is 7.08. The molecule has 84 valence electrons. The average Bonchev–Trinajstić information content (AvgIpc) is 2.76. The van der Waals surface area contributed by atoms with E-state index in [-0.39, 0.29) is 5.82 Å². The molecule has 16 heavy (non-hydrogen) atoms. The second kappa shape index (κ2) is 4.90. The monoisotopic (exact) mass is 219 g/mol. The van der Waals surface area contributed by atoms with Gasteiger partial charge in [-0.3, -0.25) is 0 Å². The van der Waals surface area contributed by atoms with Crippen molar-refractivity contribution in [1.82, 2.24) is 15.3 Å². The minimum absolute atomic E-state index is 0.155. The Morgan fingerprint density at radius 3 is 2.94 bits per heavy atom. The predicted molar refractivity (Wildman–Crippen MR) is 60.3 cm³/mol. The zero-order valence-corrected chi connectivity index (χ0v) is 9.13. The van der Waals surface area contributed by atoms with Gasteiger partial charge in [-0.25, -0.2) is 9.37 Å². The fraction of sp³-hybridized carbons (Fsp3) is 0.250. The highest BCUT2D eigenvalue weighted by molar-refractivity contribution is 5.23. The van der Waals surface area contributed by atoms with Crippen molar-refractivity contribution in [2.45, 2.75) is 20.0 Å². The molecule has 0 aliphatic carbocycles. The first-order valence-corrected chi connectivity index (χ1v) is 5.20. The number of benzene rings is 1. The molecule has 0 spiro atoms. The Morgan fingerprint density at radius 2 is 2.25 bits per heavy atom. The molecule has 3 nitrogen and oxygen atoms in total. The van der Waals surface area contributed by atoms with E-state index in [1.165, 1.54) is 0 Å². The Hall–Kier alpha value is -1.68. The van der Waals surface area contributed by atoms with Crippen LogP contribution in [0.2, 0.25) is 0 Å². The Morgan fingerprint density at radius 1 is 1.38 bits per heavy atom. The van der Waals surface area contributed by atoms with Crippen molar-refractivity contribution in [2.75, 3.05) is 0 Å². The van der Waals surface area contributed by atoms with E-state index < -0.39 is 0 Å². The molecule has 1 heterocycles. The molecule has 4 heteroatoms. The lowest BCUT2D eigenvalue weighted by molar-refractivity contribution is 0.610. The van der Waals surface area contributed by atoms with Crippen LogP contribution in [0.25, 0.3) is 0 Å². The van der Waals surface area contributed by atoms with Crippen molar-refractivity contribution in [3.8, 4) is 0 Å². The van der Waals surface area contributed by atoms with Crippen molar-refractivity contribution < 1.29 is 4.39 Å². The fourth-order valence-corrected chi connectivity index (χ4v) is 1.47. The van der Waals surface area contributed by atoms with Crippen LogP contribution in [0, 0.1) is 12.7 Å². The standard InChI is InChI=1S/C12H14FN3/c1-9-2-3-10(6-11(9)13)7-14-8-12-15-4-5-16-12/h2-6,14H,7-8H2,1H3,(H,15,16). The van der Waals surface area contributed by atoms with Crippen molar-refractivity contribution in [3.63, 3.8) is 0 Å². The third kappa shape index (κ3) is 2.67. The van der Waals surface area contributed by atoms with Gasteiger partial charge in [-0.2, -0.15) is 0 Å². The van der Waals surface area contributed by atoms with Crippen molar-refractivity contribution >= 4 is 0 Å². The third-order valence-electron chi connectivity index (χ3n) is 2.41. The van der Waals surface area contributed by atoms with Gasteiger partial charge in [0, 0.05) is 18.9 Å². The Balaban J connectivity index is 1.87. The molecule has 0 bridgehead atoms. The Bertz CT molecular complexity index is 451. The largest absolute Gasteiger partial charge is 0.348 e. The third-order valence-corrected chi connectivity index (χ3v) is 2.41. The Kier molecular flexibility index (Phi) is 3.31. The molecule has 0 fully saturated rings. The molecular weight excluding hydrogens is 205 g/mol. The fourth-order valence-electron chi connectivity index (χ4n) is 1.47. The highest BCUT2D eigenvalue weighted by Gasteiger charge is 1.99. The SMILES string of the molecule is Cc1ccc(CNCc2ncc[nH]2)cc1F. The minimum Gasteiger partial charge on any atom is -0.348 e. The van der Waals surface area contributed by atoms with Gasteiger partial charge in [0.1, 0.15) is 11.6 Å². The van der Waals surface area contributed by atoms with E-state index >= 15 is 0 Å². The van der Waals surface area contributed by atoms with E-state index in [2.05, 4.69) is 15.3 Å². The number of aromatic amines is 1. The first kappa shape index (κ1) is 10.8. The summed E-state index contributed by atoms with van der Waals surface area (Å²) in [6.07, 6.45) is 3.49. The number of nitrogens with zero attached hydrogens (tertiary/aromatic N) is 1. The summed E-state index contributed by atoms with van der Waals surface area (Å²) in [7, 11) is 0. The molecule has 0 amide bonds. The van der Waals surface area contributed by atoms with Gasteiger partial charge in [0.05, 0.1) is 6.54 Å². The number of nitrogens with one attached hydrogen (secondary N) is 2. The smallest absolute Gasteiger partial charge is 0.126 e. The summed E-state index contributed by atoms with van der Waals surface area (Å²) in [5, 5.41) is 3.19. The summed E-state index contributed by atoms with van der Waals surface area (Å²) in [5.74, 6) is 0.727. The minimum atomic E-state index is -0.155. The van der Waals surface area contributed by atoms with Crippen LogP contribution >= 0.6 is 0 Å². The molecule has 0 radical (unpaired) electrons. The summed E-state index contributed by atoms with van der Waals surface area (Å²) in [5.41, 5.74) is 1.62. The number of imidazole rings is 1. The lowest BCUT2D eigenvalue weighted by Gasteiger charge is -2.04. The number of hydrogen-bond acceptors (Lipinski definition) is 2. The summed E-state index contributed by atoms with van der Waals surface area (Å²) >= 11 is 0. The summed E-state index contributed by atoms with van der Waals surface area (Å²) in [6, 6.07) is 5.28. The van der Waals surface area contributed by atoms with E-state index in [1.54, 1.807) is 31.5 Å². The maximum absolute atomic E-state index is 13.2. The molecule has 2 rings (SSSR count). The number of rotatable bonds is 4. The zero-order chi connectivity index (χ0) is 11.4. The normalized spacial score (nSPS) is 10.6. The van der Waals surface area contributed by atoms with Crippen LogP contribution < -0.4 is 5.32 Å². The van der Waals surface area contributed by atoms with Crippen LogP contribution in [-0.2, 0) is 13.1 Å². The molecule has 0 aliphatic heterocycles. The molecule has 0 saturated carbocycles. The first-order valence-electron chi connectivity index (χ1n) is 5.20. The van der Waals surface area contributed by atoms with Gasteiger partial charge in [-0.1, -0.05) is 12.1 Å². The highest BCUT2D eigenvalue weighted by Crippen LogP contribution is 2.08. The van der Waals surface area contributed by atoms with E-state index in [4.69, 9.17) is 0 Å². The van der Waals surface area contributed by atoms with Crippen LogP contribution in [0.3, 0.4) is 0 Å². The van der Waals surface area contributed by atoms with Gasteiger partial charge in [-0.15, -0.1) is 0 Å². The van der Waals surface area contributed by atoms with E-state index in [9.17, 15) is 4.39 Å². The molecule has 1 aromatic carbocycles. The molecule has 0 unspecified atom stereocenters. The van der Waals surface area contributed by atoms with Gasteiger partial charge >= 0.3 is 0 Å². The lowest BCUT2D eigenvalue weighted by atomic mass is 10.1. The maximum atomic E-state index is 13.2. The van der Waals surface area contributed by atoms with Crippen LogP contribution in [-0.4, -0.2) is 9.97 Å². The number of halogens is 1. The van der Waals surface area contributed by atoms with Crippen LogP contribution in [0.5, 0.6) is 0 Å². The molecule has 1 aromatic heterocycles. The van der Waals surface area contributed by atoms with Gasteiger partial charge in [0.2, 0.25) is 0 Å². The van der Waals surface area contributed by atoms with Crippen LogP contribution in [0.1, 0.15) is 17.0 Å². The van der Waals surface area contributed by atoms with Gasteiger partial charge in [-0.05, 0) is 24.1 Å². The first-order chi connectivity index (χ1) is 7.75. The topological polar surface area (TPSA) is 40.7 Å². The number of aromatic nitrogens is 2. The number of aryl methyl sites for hydroxylation is 1.